The lowest BCUT2D eigenvalue weighted by atomic mass is 10.1. The van der Waals surface area contributed by atoms with E-state index in [2.05, 4.69) is 5.32 Å². The van der Waals surface area contributed by atoms with Crippen LogP contribution in [0.2, 0.25) is 0 Å². The smallest absolute Gasteiger partial charge is 0.379 e. The molecule has 0 aliphatic carbocycles. The number of anilines is 1. The Morgan fingerprint density at radius 2 is 2.10 bits per heavy atom. The summed E-state index contributed by atoms with van der Waals surface area (Å²) < 4.78 is 37.6. The van der Waals surface area contributed by atoms with Crippen LogP contribution in [0.4, 0.5) is 24.5 Å². The lowest BCUT2D eigenvalue weighted by Crippen LogP contribution is -2.11. The van der Waals surface area contributed by atoms with Gasteiger partial charge in [-0.15, -0.1) is 0 Å². The first-order valence-electron chi connectivity index (χ1n) is 5.88. The van der Waals surface area contributed by atoms with Crippen LogP contribution in [0.5, 0.6) is 0 Å². The second-order valence-corrected chi connectivity index (χ2v) is 5.52. The van der Waals surface area contributed by atoms with E-state index in [-0.39, 0.29) is 5.69 Å². The molecular weight excluding hydrogens is 293 g/mol. The highest BCUT2D eigenvalue weighted by molar-refractivity contribution is 7.99. The fraction of sp³-hybridized carbons (Fsp3) is 0.500. The lowest BCUT2D eigenvalue weighted by molar-refractivity contribution is -0.384. The summed E-state index contributed by atoms with van der Waals surface area (Å²) in [5, 5.41) is 14.0. The summed E-state index contributed by atoms with van der Waals surface area (Å²) in [7, 11) is 0. The molecule has 0 bridgehead atoms. The van der Waals surface area contributed by atoms with E-state index in [1.807, 2.05) is 13.2 Å². The second kappa shape index (κ2) is 6.83. The van der Waals surface area contributed by atoms with Gasteiger partial charge in [0.15, 0.2) is 0 Å². The normalized spacial score (nSPS) is 13.1. The number of rotatable bonds is 6. The van der Waals surface area contributed by atoms with Crippen molar-refractivity contribution >= 4 is 23.1 Å². The fourth-order valence-corrected chi connectivity index (χ4v) is 1.89. The Bertz CT molecular complexity index is 480. The van der Waals surface area contributed by atoms with Crippen LogP contribution in [0.3, 0.4) is 0 Å². The Morgan fingerprint density at radius 1 is 1.45 bits per heavy atom. The van der Waals surface area contributed by atoms with E-state index < -0.39 is 22.4 Å². The van der Waals surface area contributed by atoms with E-state index in [9.17, 15) is 23.3 Å². The summed E-state index contributed by atoms with van der Waals surface area (Å²) in [6, 6.07) is 2.50. The second-order valence-electron chi connectivity index (χ2n) is 4.25. The quantitative estimate of drug-likeness (QED) is 0.633. The van der Waals surface area contributed by atoms with Crippen LogP contribution in [-0.2, 0) is 6.18 Å². The van der Waals surface area contributed by atoms with Gasteiger partial charge in [-0.3, -0.25) is 10.1 Å². The molecule has 20 heavy (non-hydrogen) atoms. The highest BCUT2D eigenvalue weighted by atomic mass is 32.2. The van der Waals surface area contributed by atoms with Crippen LogP contribution in [0.25, 0.3) is 0 Å². The first kappa shape index (κ1) is 16.6. The van der Waals surface area contributed by atoms with E-state index in [1.165, 1.54) is 0 Å². The first-order valence-corrected chi connectivity index (χ1v) is 7.16. The van der Waals surface area contributed by atoms with Crippen molar-refractivity contribution in [3.63, 3.8) is 0 Å². The molecule has 0 saturated carbocycles. The highest BCUT2D eigenvalue weighted by Crippen LogP contribution is 2.34. The van der Waals surface area contributed by atoms with Crippen molar-refractivity contribution in [1.29, 1.82) is 0 Å². The minimum absolute atomic E-state index is 0.108. The summed E-state index contributed by atoms with van der Waals surface area (Å²) in [4.78, 5) is 10.0. The molecule has 1 aromatic carbocycles. The molecule has 112 valence electrons. The molecule has 0 radical (unpaired) electrons. The van der Waals surface area contributed by atoms with Gasteiger partial charge in [-0.2, -0.15) is 24.9 Å². The molecule has 0 aromatic heterocycles. The predicted octanol–water partition coefficient (Wildman–Crippen LogP) is 4.17. The number of nitro benzene ring substituents is 1. The first-order chi connectivity index (χ1) is 9.25. The van der Waals surface area contributed by atoms with Crippen LogP contribution < -0.4 is 5.32 Å². The number of thioether (sulfide) groups is 1. The van der Waals surface area contributed by atoms with E-state index in [0.29, 0.717) is 17.9 Å². The van der Waals surface area contributed by atoms with Crippen molar-refractivity contribution in [3.05, 3.63) is 33.9 Å². The number of alkyl halides is 3. The standard InChI is InChI=1S/C12H15F3N2O2S/c1-8(20-2)5-6-16-10-4-3-9(12(13,14)15)7-11(10)17(18)19/h3-4,7-8,16H,5-6H2,1-2H3. The minimum Gasteiger partial charge on any atom is -0.379 e. The Morgan fingerprint density at radius 3 is 2.60 bits per heavy atom. The number of hydrogen-bond donors (Lipinski definition) is 1. The van der Waals surface area contributed by atoms with Crippen molar-refractivity contribution < 1.29 is 18.1 Å². The topological polar surface area (TPSA) is 55.2 Å². The third-order valence-corrected chi connectivity index (χ3v) is 3.83. The highest BCUT2D eigenvalue weighted by Gasteiger charge is 2.32. The van der Waals surface area contributed by atoms with Gasteiger partial charge in [0.25, 0.3) is 5.69 Å². The van der Waals surface area contributed by atoms with Crippen LogP contribution in [0, 0.1) is 10.1 Å². The molecule has 1 unspecified atom stereocenters. The third kappa shape index (κ3) is 4.59. The molecule has 1 N–H and O–H groups in total. The van der Waals surface area contributed by atoms with Gasteiger partial charge in [-0.1, -0.05) is 6.92 Å². The zero-order chi connectivity index (χ0) is 15.3. The SMILES string of the molecule is CSC(C)CCNc1ccc(C(F)(F)F)cc1[N+](=O)[O-]. The summed E-state index contributed by atoms with van der Waals surface area (Å²) in [6.45, 7) is 2.47. The van der Waals surface area contributed by atoms with Gasteiger partial charge in [-0.05, 0) is 24.8 Å². The molecule has 1 aromatic rings. The zero-order valence-electron chi connectivity index (χ0n) is 11.0. The van der Waals surface area contributed by atoms with Gasteiger partial charge >= 0.3 is 6.18 Å². The number of nitro groups is 1. The molecule has 0 aliphatic heterocycles. The van der Waals surface area contributed by atoms with Crippen molar-refractivity contribution in [3.8, 4) is 0 Å². The Labute approximate surface area is 118 Å². The van der Waals surface area contributed by atoms with E-state index in [0.717, 1.165) is 18.6 Å². The van der Waals surface area contributed by atoms with Crippen LogP contribution >= 0.6 is 11.8 Å². The molecule has 8 heteroatoms. The van der Waals surface area contributed by atoms with Gasteiger partial charge in [0.1, 0.15) is 5.69 Å². The summed E-state index contributed by atoms with van der Waals surface area (Å²) >= 11 is 1.65. The number of nitrogens with one attached hydrogen (secondary N) is 1. The lowest BCUT2D eigenvalue weighted by Gasteiger charge is -2.12. The molecule has 0 aliphatic rings. The van der Waals surface area contributed by atoms with Gasteiger partial charge < -0.3 is 5.32 Å². The fourth-order valence-electron chi connectivity index (χ4n) is 1.54. The molecular formula is C12H15F3N2O2S. The molecule has 0 saturated heterocycles. The molecule has 0 heterocycles. The molecule has 1 rings (SSSR count). The number of hydrogen-bond acceptors (Lipinski definition) is 4. The molecule has 0 amide bonds. The zero-order valence-corrected chi connectivity index (χ0v) is 11.8. The average molecular weight is 308 g/mol. The van der Waals surface area contributed by atoms with Gasteiger partial charge in [0, 0.05) is 17.9 Å². The van der Waals surface area contributed by atoms with Crippen molar-refractivity contribution in [2.75, 3.05) is 18.1 Å². The number of nitrogens with zero attached hydrogens (tertiary/aromatic N) is 1. The van der Waals surface area contributed by atoms with E-state index in [1.54, 1.807) is 11.8 Å². The van der Waals surface area contributed by atoms with Crippen LogP contribution in [0.15, 0.2) is 18.2 Å². The Balaban J connectivity index is 2.88. The summed E-state index contributed by atoms with van der Waals surface area (Å²) in [5.41, 5.74) is -1.47. The minimum atomic E-state index is -4.59. The van der Waals surface area contributed by atoms with Crippen LogP contribution in [-0.4, -0.2) is 23.0 Å². The Kier molecular flexibility index (Phi) is 5.67. The average Bonchev–Trinajstić information content (AvgIpc) is 2.37. The van der Waals surface area contributed by atoms with Gasteiger partial charge in [-0.25, -0.2) is 0 Å². The van der Waals surface area contributed by atoms with Crippen molar-refractivity contribution in [1.82, 2.24) is 0 Å². The van der Waals surface area contributed by atoms with Crippen molar-refractivity contribution in [2.24, 2.45) is 0 Å². The number of halogens is 3. The largest absolute Gasteiger partial charge is 0.416 e. The predicted molar refractivity (Wildman–Crippen MR) is 74.2 cm³/mol. The Hall–Kier alpha value is -1.44. The monoisotopic (exact) mass is 308 g/mol. The van der Waals surface area contributed by atoms with E-state index >= 15 is 0 Å². The van der Waals surface area contributed by atoms with Gasteiger partial charge in [0.05, 0.1) is 10.5 Å². The van der Waals surface area contributed by atoms with Crippen LogP contribution in [0.1, 0.15) is 18.9 Å². The third-order valence-electron chi connectivity index (χ3n) is 2.79. The van der Waals surface area contributed by atoms with Crippen molar-refractivity contribution in [2.45, 2.75) is 24.8 Å². The maximum Gasteiger partial charge on any atom is 0.416 e. The van der Waals surface area contributed by atoms with Gasteiger partial charge in [0.2, 0.25) is 0 Å². The molecule has 0 spiro atoms. The maximum atomic E-state index is 12.5. The molecule has 1 atom stereocenters. The molecule has 4 nitrogen and oxygen atoms in total. The maximum absolute atomic E-state index is 12.5. The molecule has 0 fully saturated rings. The number of benzene rings is 1. The van der Waals surface area contributed by atoms with E-state index in [4.69, 9.17) is 0 Å². The summed E-state index contributed by atoms with van der Waals surface area (Å²) in [6.07, 6.45) is -1.87. The summed E-state index contributed by atoms with van der Waals surface area (Å²) in [5.74, 6) is 0.